The van der Waals surface area contributed by atoms with Crippen LogP contribution in [-0.4, -0.2) is 32.5 Å². The van der Waals surface area contributed by atoms with Crippen molar-refractivity contribution in [3.8, 4) is 17.2 Å². The Morgan fingerprint density at radius 2 is 1.92 bits per heavy atom. The molecule has 1 fully saturated rings. The van der Waals surface area contributed by atoms with Gasteiger partial charge in [-0.05, 0) is 19.1 Å². The number of epoxide rings is 1. The van der Waals surface area contributed by atoms with Gasteiger partial charge in [0, 0.05) is 18.1 Å². The molecule has 134 valence electrons. The molecule has 6 heteroatoms. The minimum Gasteiger partial charge on any atom is -0.496 e. The van der Waals surface area contributed by atoms with Crippen LogP contribution in [0.5, 0.6) is 17.2 Å². The lowest BCUT2D eigenvalue weighted by Crippen LogP contribution is -2.30. The van der Waals surface area contributed by atoms with Crippen LogP contribution in [0, 0.1) is 0 Å². The first-order valence-corrected chi connectivity index (χ1v) is 8.50. The summed E-state index contributed by atoms with van der Waals surface area (Å²) in [4.78, 5) is 13.2. The van der Waals surface area contributed by atoms with Gasteiger partial charge in [0.2, 0.25) is 5.43 Å². The van der Waals surface area contributed by atoms with Gasteiger partial charge in [-0.3, -0.25) is 4.79 Å². The number of fused-ring (bicyclic) bond motifs is 4. The van der Waals surface area contributed by atoms with E-state index in [9.17, 15) is 4.79 Å². The molecule has 5 rings (SSSR count). The summed E-state index contributed by atoms with van der Waals surface area (Å²) >= 11 is 0. The van der Waals surface area contributed by atoms with Crippen LogP contribution in [0.4, 0.5) is 0 Å². The molecule has 2 aliphatic rings. The number of rotatable bonds is 3. The Kier molecular flexibility index (Phi) is 3.07. The van der Waals surface area contributed by atoms with Crippen molar-refractivity contribution in [2.24, 2.45) is 0 Å². The van der Waals surface area contributed by atoms with Gasteiger partial charge in [-0.25, -0.2) is 0 Å². The zero-order valence-electron chi connectivity index (χ0n) is 14.8. The molecule has 3 aromatic rings. The summed E-state index contributed by atoms with van der Waals surface area (Å²) in [6.45, 7) is 2.69. The van der Waals surface area contributed by atoms with E-state index in [0.29, 0.717) is 52.2 Å². The van der Waals surface area contributed by atoms with Gasteiger partial charge in [0.05, 0.1) is 26.2 Å². The highest BCUT2D eigenvalue weighted by molar-refractivity contribution is 5.97. The van der Waals surface area contributed by atoms with Gasteiger partial charge in [0.15, 0.2) is 11.3 Å². The average molecular weight is 354 g/mol. The van der Waals surface area contributed by atoms with E-state index in [-0.39, 0.29) is 17.1 Å². The Labute approximate surface area is 149 Å². The maximum atomic E-state index is 13.2. The van der Waals surface area contributed by atoms with Crippen molar-refractivity contribution in [3.05, 3.63) is 40.1 Å². The number of hydrogen-bond acceptors (Lipinski definition) is 6. The van der Waals surface area contributed by atoms with Gasteiger partial charge in [0.1, 0.15) is 34.2 Å². The van der Waals surface area contributed by atoms with Crippen molar-refractivity contribution < 1.29 is 23.4 Å². The van der Waals surface area contributed by atoms with Gasteiger partial charge in [-0.2, -0.15) is 0 Å². The molecule has 6 nitrogen and oxygen atoms in total. The molecular formula is C20H18O6. The van der Waals surface area contributed by atoms with Crippen LogP contribution in [0.2, 0.25) is 0 Å². The van der Waals surface area contributed by atoms with Gasteiger partial charge in [0.25, 0.3) is 0 Å². The van der Waals surface area contributed by atoms with E-state index in [1.165, 1.54) is 7.11 Å². The lowest BCUT2D eigenvalue weighted by atomic mass is 9.98. The van der Waals surface area contributed by atoms with E-state index < -0.39 is 0 Å². The van der Waals surface area contributed by atoms with Gasteiger partial charge in [-0.15, -0.1) is 0 Å². The molecule has 0 radical (unpaired) electrons. The SMILES string of the molecule is COc1cccc2c(=O)c3c(OC)cc4c(c3oc12)C[C@H](C1(C)CO1)O4. The van der Waals surface area contributed by atoms with Crippen LogP contribution in [0.15, 0.2) is 33.5 Å². The van der Waals surface area contributed by atoms with Crippen LogP contribution < -0.4 is 19.6 Å². The summed E-state index contributed by atoms with van der Waals surface area (Å²) in [5.41, 5.74) is 1.37. The summed E-state index contributed by atoms with van der Waals surface area (Å²) in [7, 11) is 3.09. The predicted molar refractivity (Wildman–Crippen MR) is 95.6 cm³/mol. The van der Waals surface area contributed by atoms with Crippen LogP contribution in [0.1, 0.15) is 12.5 Å². The summed E-state index contributed by atoms with van der Waals surface area (Å²) in [5, 5.41) is 0.890. The second-order valence-corrected chi connectivity index (χ2v) is 6.94. The quantitative estimate of drug-likeness (QED) is 0.532. The highest BCUT2D eigenvalue weighted by Crippen LogP contribution is 2.46. The molecule has 2 aromatic carbocycles. The maximum Gasteiger partial charge on any atom is 0.204 e. The van der Waals surface area contributed by atoms with Crippen molar-refractivity contribution >= 4 is 21.9 Å². The third-order valence-corrected chi connectivity index (χ3v) is 5.34. The molecule has 0 N–H and O–H groups in total. The number of ether oxygens (including phenoxy) is 4. The maximum absolute atomic E-state index is 13.2. The van der Waals surface area contributed by atoms with Crippen molar-refractivity contribution in [1.29, 1.82) is 0 Å². The lowest BCUT2D eigenvalue weighted by molar-refractivity contribution is 0.127. The Hall–Kier alpha value is -2.73. The highest BCUT2D eigenvalue weighted by Gasteiger charge is 2.51. The number of methoxy groups -OCH3 is 2. The molecule has 1 aromatic heterocycles. The highest BCUT2D eigenvalue weighted by atomic mass is 16.6. The largest absolute Gasteiger partial charge is 0.496 e. The number of para-hydroxylation sites is 1. The van der Waals surface area contributed by atoms with Gasteiger partial charge >= 0.3 is 0 Å². The molecule has 0 aliphatic carbocycles. The molecule has 26 heavy (non-hydrogen) atoms. The molecule has 1 saturated heterocycles. The topological polar surface area (TPSA) is 70.4 Å². The molecular weight excluding hydrogens is 336 g/mol. The van der Waals surface area contributed by atoms with Gasteiger partial charge < -0.3 is 23.4 Å². The molecule has 2 aliphatic heterocycles. The van der Waals surface area contributed by atoms with Crippen molar-refractivity contribution in [3.63, 3.8) is 0 Å². The zero-order valence-corrected chi connectivity index (χ0v) is 14.8. The van der Waals surface area contributed by atoms with Crippen LogP contribution >= 0.6 is 0 Å². The third-order valence-electron chi connectivity index (χ3n) is 5.34. The standard InChI is InChI=1S/C20H18O6/c1-20(9-24-20)15-7-11-13(25-15)8-14(23-3)16-17(21)10-5-4-6-12(22-2)18(10)26-19(11)16/h4-6,8,15H,7,9H2,1-3H3/t15-,20?/m1/s1. The van der Waals surface area contributed by atoms with E-state index >= 15 is 0 Å². The minimum atomic E-state index is -0.284. The summed E-state index contributed by atoms with van der Waals surface area (Å²) in [6, 6.07) is 7.05. The summed E-state index contributed by atoms with van der Waals surface area (Å²) in [6.07, 6.45) is 0.516. The molecule has 0 spiro atoms. The molecule has 2 atom stereocenters. The Morgan fingerprint density at radius 1 is 1.15 bits per heavy atom. The average Bonchev–Trinajstić information content (AvgIpc) is 3.25. The zero-order chi connectivity index (χ0) is 18.1. The first-order chi connectivity index (χ1) is 12.6. The van der Waals surface area contributed by atoms with E-state index in [1.54, 1.807) is 31.4 Å². The van der Waals surface area contributed by atoms with E-state index in [1.807, 2.05) is 6.92 Å². The fourth-order valence-corrected chi connectivity index (χ4v) is 3.66. The summed E-state index contributed by atoms with van der Waals surface area (Å²) < 4.78 is 28.7. The molecule has 3 heterocycles. The van der Waals surface area contributed by atoms with Crippen molar-refractivity contribution in [2.45, 2.75) is 25.0 Å². The number of hydrogen-bond donors (Lipinski definition) is 0. The Morgan fingerprint density at radius 3 is 2.62 bits per heavy atom. The Bertz CT molecular complexity index is 1110. The Balaban J connectivity index is 1.85. The first-order valence-electron chi connectivity index (χ1n) is 8.50. The van der Waals surface area contributed by atoms with Crippen LogP contribution in [0.25, 0.3) is 21.9 Å². The van der Waals surface area contributed by atoms with Crippen molar-refractivity contribution in [2.75, 3.05) is 20.8 Å². The molecule has 1 unspecified atom stereocenters. The fourth-order valence-electron chi connectivity index (χ4n) is 3.66. The number of benzene rings is 2. The smallest absolute Gasteiger partial charge is 0.204 e. The second-order valence-electron chi connectivity index (χ2n) is 6.94. The van der Waals surface area contributed by atoms with E-state index in [0.717, 1.165) is 5.56 Å². The normalized spacial score (nSPS) is 23.7. The van der Waals surface area contributed by atoms with E-state index in [4.69, 9.17) is 23.4 Å². The monoisotopic (exact) mass is 354 g/mol. The predicted octanol–water partition coefficient (Wildman–Crippen LogP) is 3.06. The molecule has 0 amide bonds. The van der Waals surface area contributed by atoms with Crippen molar-refractivity contribution in [1.82, 2.24) is 0 Å². The van der Waals surface area contributed by atoms with Crippen LogP contribution in [-0.2, 0) is 11.2 Å². The van der Waals surface area contributed by atoms with Crippen LogP contribution in [0.3, 0.4) is 0 Å². The fraction of sp³-hybridized carbons (Fsp3) is 0.350. The summed E-state index contributed by atoms with van der Waals surface area (Å²) in [5.74, 6) is 1.64. The second kappa shape index (κ2) is 5.14. The lowest BCUT2D eigenvalue weighted by Gasteiger charge is -2.14. The molecule has 0 bridgehead atoms. The molecule has 0 saturated carbocycles. The first kappa shape index (κ1) is 15.5. The minimum absolute atomic E-state index is 0.105. The third kappa shape index (κ3) is 1.99. The van der Waals surface area contributed by atoms with E-state index in [2.05, 4.69) is 0 Å². The van der Waals surface area contributed by atoms with Gasteiger partial charge in [-0.1, -0.05) is 6.07 Å².